The molecular formula is C13H13NO4S. The fraction of sp³-hybridized carbons (Fsp3) is 0.231. The van der Waals surface area contributed by atoms with Crippen molar-refractivity contribution < 1.29 is 19.1 Å². The fourth-order valence-corrected chi connectivity index (χ4v) is 2.49. The van der Waals surface area contributed by atoms with Crippen LogP contribution in [0.3, 0.4) is 0 Å². The van der Waals surface area contributed by atoms with Gasteiger partial charge in [-0.1, -0.05) is 6.07 Å². The Bertz CT molecular complexity index is 573. The third-order valence-electron chi connectivity index (χ3n) is 2.51. The van der Waals surface area contributed by atoms with Crippen LogP contribution in [0.1, 0.15) is 32.9 Å². The molecule has 0 bridgehead atoms. The van der Waals surface area contributed by atoms with Gasteiger partial charge in [0.25, 0.3) is 5.91 Å². The molecular weight excluding hydrogens is 266 g/mol. The molecule has 5 nitrogen and oxygen atoms in total. The number of aromatic carboxylic acids is 1. The normalized spacial score (nSPS) is 12.1. The summed E-state index contributed by atoms with van der Waals surface area (Å²) in [4.78, 5) is 23.7. The van der Waals surface area contributed by atoms with Gasteiger partial charge in [0.05, 0.1) is 0 Å². The average Bonchev–Trinajstić information content (AvgIpc) is 2.98. The Labute approximate surface area is 113 Å². The highest BCUT2D eigenvalue weighted by atomic mass is 32.1. The third kappa shape index (κ3) is 3.45. The monoisotopic (exact) mass is 279 g/mol. The first-order valence-corrected chi connectivity index (χ1v) is 6.60. The van der Waals surface area contributed by atoms with E-state index in [9.17, 15) is 9.59 Å². The molecule has 0 aliphatic rings. The SMILES string of the molecule is CC(Cc1cccs1)NC(=O)c1ccc(C(=O)O)o1. The van der Waals surface area contributed by atoms with E-state index in [1.807, 2.05) is 24.4 Å². The van der Waals surface area contributed by atoms with Gasteiger partial charge < -0.3 is 14.8 Å². The lowest BCUT2D eigenvalue weighted by Gasteiger charge is -2.11. The van der Waals surface area contributed by atoms with Crippen molar-refractivity contribution >= 4 is 23.2 Å². The fourth-order valence-electron chi connectivity index (χ4n) is 1.65. The summed E-state index contributed by atoms with van der Waals surface area (Å²) in [6.07, 6.45) is 0.732. The van der Waals surface area contributed by atoms with Gasteiger partial charge in [-0.25, -0.2) is 4.79 Å². The molecule has 0 aliphatic heterocycles. The molecule has 2 aromatic rings. The molecule has 0 saturated heterocycles. The summed E-state index contributed by atoms with van der Waals surface area (Å²) in [6, 6.07) is 6.53. The number of nitrogens with one attached hydrogen (secondary N) is 1. The van der Waals surface area contributed by atoms with E-state index >= 15 is 0 Å². The van der Waals surface area contributed by atoms with Gasteiger partial charge in [0.15, 0.2) is 5.76 Å². The molecule has 6 heteroatoms. The lowest BCUT2D eigenvalue weighted by Crippen LogP contribution is -2.33. The number of rotatable bonds is 5. The van der Waals surface area contributed by atoms with Crippen molar-refractivity contribution in [2.45, 2.75) is 19.4 Å². The molecule has 2 N–H and O–H groups in total. The smallest absolute Gasteiger partial charge is 0.371 e. The predicted octanol–water partition coefficient (Wildman–Crippen LogP) is 2.40. The van der Waals surface area contributed by atoms with Crippen LogP contribution in [-0.2, 0) is 6.42 Å². The minimum absolute atomic E-state index is 0.00966. The van der Waals surface area contributed by atoms with E-state index in [2.05, 4.69) is 5.32 Å². The summed E-state index contributed by atoms with van der Waals surface area (Å²) in [5, 5.41) is 13.5. The number of thiophene rings is 1. The van der Waals surface area contributed by atoms with E-state index in [0.717, 1.165) is 6.42 Å². The Kier molecular flexibility index (Phi) is 4.01. The lowest BCUT2D eigenvalue weighted by molar-refractivity contribution is 0.0659. The van der Waals surface area contributed by atoms with Crippen LogP contribution >= 0.6 is 11.3 Å². The highest BCUT2D eigenvalue weighted by Gasteiger charge is 2.16. The molecule has 0 spiro atoms. The highest BCUT2D eigenvalue weighted by molar-refractivity contribution is 7.09. The van der Waals surface area contributed by atoms with Gasteiger partial charge in [-0.2, -0.15) is 0 Å². The minimum Gasteiger partial charge on any atom is -0.475 e. The summed E-state index contributed by atoms with van der Waals surface area (Å²) >= 11 is 1.63. The molecule has 1 unspecified atom stereocenters. The van der Waals surface area contributed by atoms with Crippen LogP contribution in [-0.4, -0.2) is 23.0 Å². The van der Waals surface area contributed by atoms with Crippen LogP contribution in [0.2, 0.25) is 0 Å². The van der Waals surface area contributed by atoms with Crippen molar-refractivity contribution in [3.8, 4) is 0 Å². The quantitative estimate of drug-likeness (QED) is 0.880. The van der Waals surface area contributed by atoms with Crippen molar-refractivity contribution in [3.63, 3.8) is 0 Å². The van der Waals surface area contributed by atoms with Crippen molar-refractivity contribution in [2.24, 2.45) is 0 Å². The average molecular weight is 279 g/mol. The number of carbonyl (C=O) groups excluding carboxylic acids is 1. The van der Waals surface area contributed by atoms with Crippen molar-refractivity contribution in [1.29, 1.82) is 0 Å². The molecule has 0 aliphatic carbocycles. The number of carboxylic acid groups (broad SMARTS) is 1. The molecule has 100 valence electrons. The topological polar surface area (TPSA) is 79.5 Å². The Hall–Kier alpha value is -2.08. The molecule has 1 atom stereocenters. The van der Waals surface area contributed by atoms with E-state index in [0.29, 0.717) is 0 Å². The zero-order valence-corrected chi connectivity index (χ0v) is 11.1. The number of amides is 1. The molecule has 0 radical (unpaired) electrons. The number of furan rings is 1. The maximum absolute atomic E-state index is 11.8. The van der Waals surface area contributed by atoms with Crippen LogP contribution in [0.5, 0.6) is 0 Å². The van der Waals surface area contributed by atoms with E-state index in [1.165, 1.54) is 17.0 Å². The Morgan fingerprint density at radius 2 is 2.11 bits per heavy atom. The van der Waals surface area contributed by atoms with Crippen LogP contribution in [0.4, 0.5) is 0 Å². The van der Waals surface area contributed by atoms with Crippen molar-refractivity contribution in [2.75, 3.05) is 0 Å². The van der Waals surface area contributed by atoms with Crippen LogP contribution in [0.25, 0.3) is 0 Å². The number of hydrogen-bond donors (Lipinski definition) is 2. The molecule has 2 rings (SSSR count). The van der Waals surface area contributed by atoms with Crippen LogP contribution < -0.4 is 5.32 Å². The van der Waals surface area contributed by atoms with Gasteiger partial charge in [-0.05, 0) is 30.5 Å². The van der Waals surface area contributed by atoms with Crippen LogP contribution in [0.15, 0.2) is 34.1 Å². The van der Waals surface area contributed by atoms with Crippen LogP contribution in [0, 0.1) is 0 Å². The first-order chi connectivity index (χ1) is 9.06. The Morgan fingerprint density at radius 1 is 1.37 bits per heavy atom. The summed E-state index contributed by atoms with van der Waals surface area (Å²) in [6.45, 7) is 1.89. The van der Waals surface area contributed by atoms with Crippen molar-refractivity contribution in [3.05, 3.63) is 46.0 Å². The summed E-state index contributed by atoms with van der Waals surface area (Å²) in [7, 11) is 0. The van der Waals surface area contributed by atoms with Gasteiger partial charge in [0.1, 0.15) is 0 Å². The molecule has 0 saturated carbocycles. The molecule has 2 aromatic heterocycles. The predicted molar refractivity (Wildman–Crippen MR) is 70.6 cm³/mol. The van der Waals surface area contributed by atoms with Crippen molar-refractivity contribution in [1.82, 2.24) is 5.32 Å². The van der Waals surface area contributed by atoms with Gasteiger partial charge >= 0.3 is 5.97 Å². The maximum Gasteiger partial charge on any atom is 0.371 e. The molecule has 2 heterocycles. The number of hydrogen-bond acceptors (Lipinski definition) is 4. The van der Waals surface area contributed by atoms with E-state index in [1.54, 1.807) is 11.3 Å². The Balaban J connectivity index is 1.94. The van der Waals surface area contributed by atoms with Gasteiger partial charge in [-0.15, -0.1) is 11.3 Å². The maximum atomic E-state index is 11.8. The van der Waals surface area contributed by atoms with Gasteiger partial charge in [-0.3, -0.25) is 4.79 Å². The minimum atomic E-state index is -1.19. The summed E-state index contributed by atoms with van der Waals surface area (Å²) in [5.74, 6) is -1.83. The zero-order valence-electron chi connectivity index (χ0n) is 10.3. The number of carboxylic acids is 1. The van der Waals surface area contributed by atoms with E-state index in [-0.39, 0.29) is 17.6 Å². The molecule has 0 aromatic carbocycles. The second kappa shape index (κ2) is 5.71. The first-order valence-electron chi connectivity index (χ1n) is 5.72. The third-order valence-corrected chi connectivity index (χ3v) is 3.40. The molecule has 19 heavy (non-hydrogen) atoms. The molecule has 0 fully saturated rings. The second-order valence-corrected chi connectivity index (χ2v) is 5.16. The largest absolute Gasteiger partial charge is 0.475 e. The van der Waals surface area contributed by atoms with E-state index in [4.69, 9.17) is 9.52 Å². The van der Waals surface area contributed by atoms with E-state index < -0.39 is 11.9 Å². The highest BCUT2D eigenvalue weighted by Crippen LogP contribution is 2.12. The van der Waals surface area contributed by atoms with Gasteiger partial charge in [0.2, 0.25) is 5.76 Å². The number of carbonyl (C=O) groups is 2. The summed E-state index contributed by atoms with van der Waals surface area (Å²) < 4.78 is 4.93. The van der Waals surface area contributed by atoms with Gasteiger partial charge in [0, 0.05) is 17.3 Å². The zero-order chi connectivity index (χ0) is 13.8. The second-order valence-electron chi connectivity index (χ2n) is 4.13. The first kappa shape index (κ1) is 13.4. The Morgan fingerprint density at radius 3 is 2.68 bits per heavy atom. The molecule has 1 amide bonds. The summed E-state index contributed by atoms with van der Waals surface area (Å²) in [5.41, 5.74) is 0. The lowest BCUT2D eigenvalue weighted by atomic mass is 10.2. The standard InChI is InChI=1S/C13H13NO4S/c1-8(7-9-3-2-6-19-9)14-12(15)10-4-5-11(18-10)13(16)17/h2-6,8H,7H2,1H3,(H,14,15)(H,16,17).